The molecule has 9 rings (SSSR count). The Hall–Kier alpha value is -4.00. The molecule has 7 nitrogen and oxygen atoms in total. The molecule has 1 aromatic heterocycles. The molecule has 4 saturated heterocycles. The fraction of sp³-hybridized carbons (Fsp3) is 0.487. The van der Waals surface area contributed by atoms with E-state index < -0.39 is 11.6 Å². The van der Waals surface area contributed by atoms with E-state index in [1.54, 1.807) is 12.1 Å². The number of nitrogens with one attached hydrogen (secondary N) is 1. The predicted molar refractivity (Wildman–Crippen MR) is 183 cm³/mol. The first-order valence-electron chi connectivity index (χ1n) is 17.6. The Balaban J connectivity index is 1.11. The number of fused-ring (bicyclic) bond motifs is 6. The lowest BCUT2D eigenvalue weighted by Gasteiger charge is -2.40. The average Bonchev–Trinajstić information content (AvgIpc) is 3.71. The Labute approximate surface area is 279 Å². The van der Waals surface area contributed by atoms with Crippen LogP contribution in [0.15, 0.2) is 36.4 Å². The molecule has 0 spiro atoms. The highest BCUT2D eigenvalue weighted by molar-refractivity contribution is 6.04. The summed E-state index contributed by atoms with van der Waals surface area (Å²) in [4.78, 5) is 14.7. The summed E-state index contributed by atoms with van der Waals surface area (Å²) in [6, 6.07) is 11.5. The van der Waals surface area contributed by atoms with Crippen molar-refractivity contribution in [2.24, 2.45) is 11.3 Å². The Morgan fingerprint density at radius 2 is 1.75 bits per heavy atom. The molecule has 48 heavy (non-hydrogen) atoms. The first kappa shape index (κ1) is 30.1. The van der Waals surface area contributed by atoms with Crippen molar-refractivity contribution in [1.82, 2.24) is 20.2 Å². The van der Waals surface area contributed by atoms with Crippen LogP contribution in [-0.2, 0) is 0 Å². The number of piperazine rings is 1. The van der Waals surface area contributed by atoms with Crippen molar-refractivity contribution in [3.8, 4) is 35.2 Å². The summed E-state index contributed by atoms with van der Waals surface area (Å²) in [5, 5.41) is 15.8. The van der Waals surface area contributed by atoms with Gasteiger partial charge in [-0.1, -0.05) is 25.0 Å². The average molecular weight is 650 g/mol. The van der Waals surface area contributed by atoms with Gasteiger partial charge in [-0.15, -0.1) is 6.42 Å². The molecule has 0 amide bonds. The third-order valence-corrected chi connectivity index (χ3v) is 11.9. The third-order valence-electron chi connectivity index (χ3n) is 11.9. The van der Waals surface area contributed by atoms with Crippen molar-refractivity contribution in [2.75, 3.05) is 31.1 Å². The van der Waals surface area contributed by atoms with Gasteiger partial charge in [0.1, 0.15) is 22.9 Å². The van der Waals surface area contributed by atoms with Gasteiger partial charge in [-0.2, -0.15) is 9.97 Å². The van der Waals surface area contributed by atoms with E-state index in [-0.39, 0.29) is 33.8 Å². The standard InChI is InChI=1S/C39H41F2N5O2/c1-3-29-33(40)11-4-23-16-28(47)17-32(34(23)29)30-9-10-31-36(35(30)41)43-38(44-37(31)45-18-24-5-6-25(19-45)42-24)48-21-39(12-13-39)20-46-26-7-8-27(46)15-22(2)14-26/h1,4,9-11,16-17,22,24-27,42,47H,5-8,12-15,18-21H2,2H3. The van der Waals surface area contributed by atoms with E-state index in [2.05, 4.69) is 28.0 Å². The fourth-order valence-electron chi connectivity index (χ4n) is 9.32. The summed E-state index contributed by atoms with van der Waals surface area (Å²) in [5.41, 5.74) is 0.723. The lowest BCUT2D eigenvalue weighted by Crippen LogP contribution is -2.51. The maximum Gasteiger partial charge on any atom is 0.319 e. The molecule has 248 valence electrons. The van der Waals surface area contributed by atoms with Crippen LogP contribution in [0.1, 0.15) is 63.9 Å². The van der Waals surface area contributed by atoms with E-state index in [9.17, 15) is 9.50 Å². The number of ether oxygens (including phenoxy) is 1. The number of phenols is 1. The Bertz CT molecular complexity index is 1960. The zero-order chi connectivity index (χ0) is 32.7. The number of phenolic OH excluding ortho intramolecular Hbond substituents is 1. The minimum absolute atomic E-state index is 0.0250. The molecule has 4 bridgehead atoms. The second-order valence-corrected chi connectivity index (χ2v) is 15.3. The van der Waals surface area contributed by atoms with Crippen LogP contribution in [0, 0.1) is 35.3 Å². The minimum atomic E-state index is -0.585. The first-order chi connectivity index (χ1) is 23.3. The van der Waals surface area contributed by atoms with Gasteiger partial charge in [0.15, 0.2) is 5.82 Å². The summed E-state index contributed by atoms with van der Waals surface area (Å²) in [5.74, 6) is 2.67. The van der Waals surface area contributed by atoms with E-state index in [0.717, 1.165) is 51.2 Å². The molecule has 3 aromatic carbocycles. The topological polar surface area (TPSA) is 73.8 Å². The number of benzene rings is 3. The molecule has 5 aliphatic rings. The summed E-state index contributed by atoms with van der Waals surface area (Å²) < 4.78 is 38.3. The Kier molecular flexibility index (Phi) is 7.07. The van der Waals surface area contributed by atoms with E-state index >= 15 is 4.39 Å². The molecule has 4 aromatic rings. The number of nitrogens with zero attached hydrogens (tertiary/aromatic N) is 4. The summed E-state index contributed by atoms with van der Waals surface area (Å²) in [7, 11) is 0. The smallest absolute Gasteiger partial charge is 0.319 e. The van der Waals surface area contributed by atoms with E-state index in [1.807, 2.05) is 6.07 Å². The van der Waals surface area contributed by atoms with Crippen LogP contribution in [0.3, 0.4) is 0 Å². The van der Waals surface area contributed by atoms with E-state index in [1.165, 1.54) is 43.9 Å². The normalized spacial score (nSPS) is 27.5. The summed E-state index contributed by atoms with van der Waals surface area (Å²) >= 11 is 0. The van der Waals surface area contributed by atoms with Crippen molar-refractivity contribution in [2.45, 2.75) is 82.5 Å². The van der Waals surface area contributed by atoms with Gasteiger partial charge in [-0.3, -0.25) is 4.90 Å². The van der Waals surface area contributed by atoms with Crippen LogP contribution in [0.4, 0.5) is 14.6 Å². The number of anilines is 1. The van der Waals surface area contributed by atoms with Crippen molar-refractivity contribution in [1.29, 1.82) is 0 Å². The van der Waals surface area contributed by atoms with Crippen molar-refractivity contribution >= 4 is 27.5 Å². The van der Waals surface area contributed by atoms with Gasteiger partial charge in [0, 0.05) is 65.6 Å². The molecule has 4 aliphatic heterocycles. The second-order valence-electron chi connectivity index (χ2n) is 15.3. The number of terminal acetylenes is 1. The SMILES string of the molecule is C#Cc1c(F)ccc2cc(O)cc(-c3ccc4c(N5CC6CCC(C5)N6)nc(OCC5(CN6C7CCC6CC(C)C7)CC5)nc4c3F)c12. The lowest BCUT2D eigenvalue weighted by atomic mass is 9.91. The van der Waals surface area contributed by atoms with Gasteiger partial charge in [0.05, 0.1) is 12.2 Å². The van der Waals surface area contributed by atoms with Crippen molar-refractivity contribution < 1.29 is 18.6 Å². The second kappa shape index (κ2) is 11.3. The predicted octanol–water partition coefficient (Wildman–Crippen LogP) is 6.78. The zero-order valence-electron chi connectivity index (χ0n) is 27.3. The van der Waals surface area contributed by atoms with E-state index in [0.29, 0.717) is 58.3 Å². The number of hydrogen-bond donors (Lipinski definition) is 2. The molecule has 4 unspecified atom stereocenters. The van der Waals surface area contributed by atoms with Crippen LogP contribution < -0.4 is 15.0 Å². The van der Waals surface area contributed by atoms with Gasteiger partial charge in [-0.05, 0) is 92.5 Å². The van der Waals surface area contributed by atoms with Crippen LogP contribution in [0.2, 0.25) is 0 Å². The maximum atomic E-state index is 17.0. The van der Waals surface area contributed by atoms with Crippen LogP contribution >= 0.6 is 0 Å². The molecule has 2 N–H and O–H groups in total. The van der Waals surface area contributed by atoms with Crippen molar-refractivity contribution in [3.63, 3.8) is 0 Å². The van der Waals surface area contributed by atoms with Gasteiger partial charge in [0.25, 0.3) is 0 Å². The number of halogens is 2. The molecule has 1 aliphatic carbocycles. The lowest BCUT2D eigenvalue weighted by molar-refractivity contribution is 0.0693. The van der Waals surface area contributed by atoms with Gasteiger partial charge >= 0.3 is 6.01 Å². The number of rotatable bonds is 7. The molecule has 5 fully saturated rings. The number of aromatic hydroxyl groups is 1. The molecule has 9 heteroatoms. The largest absolute Gasteiger partial charge is 0.508 e. The van der Waals surface area contributed by atoms with Crippen LogP contribution in [0.25, 0.3) is 32.8 Å². The summed E-state index contributed by atoms with van der Waals surface area (Å²) in [6.45, 7) is 5.46. The highest BCUT2D eigenvalue weighted by atomic mass is 19.1. The quantitative estimate of drug-likeness (QED) is 0.214. The van der Waals surface area contributed by atoms with Gasteiger partial charge in [-0.25, -0.2) is 8.78 Å². The summed E-state index contributed by atoms with van der Waals surface area (Å²) in [6.07, 6.45) is 15.3. The number of piperidine rings is 1. The molecule has 1 saturated carbocycles. The number of aromatic nitrogens is 2. The molecular formula is C39H41F2N5O2. The highest BCUT2D eigenvalue weighted by Crippen LogP contribution is 2.50. The monoisotopic (exact) mass is 649 g/mol. The highest BCUT2D eigenvalue weighted by Gasteiger charge is 2.50. The Morgan fingerprint density at radius 3 is 2.46 bits per heavy atom. The van der Waals surface area contributed by atoms with Gasteiger partial charge < -0.3 is 20.1 Å². The minimum Gasteiger partial charge on any atom is -0.508 e. The van der Waals surface area contributed by atoms with Crippen molar-refractivity contribution in [3.05, 3.63) is 53.6 Å². The van der Waals surface area contributed by atoms with Gasteiger partial charge in [0.2, 0.25) is 0 Å². The third kappa shape index (κ3) is 5.07. The molecular weight excluding hydrogens is 608 g/mol. The zero-order valence-corrected chi connectivity index (χ0v) is 27.3. The van der Waals surface area contributed by atoms with Crippen LogP contribution in [0.5, 0.6) is 11.8 Å². The van der Waals surface area contributed by atoms with E-state index in [4.69, 9.17) is 21.1 Å². The molecule has 0 radical (unpaired) electrons. The fourth-order valence-corrected chi connectivity index (χ4v) is 9.32. The first-order valence-corrected chi connectivity index (χ1v) is 17.6. The molecule has 5 heterocycles. The molecule has 4 atom stereocenters. The maximum absolute atomic E-state index is 17.0. The number of hydrogen-bond acceptors (Lipinski definition) is 7. The Morgan fingerprint density at radius 1 is 1.00 bits per heavy atom. The van der Waals surface area contributed by atoms with Crippen LogP contribution in [-0.4, -0.2) is 70.4 Å².